The Bertz CT molecular complexity index is 1120. The number of halogens is 1. The SMILES string of the molecule is CN1CCc2nc(SCC(=O)Nc3cccc(F)c3)c(C#N)c(-c3cccs3)c2C1. The molecular weight excluding hydrogens is 419 g/mol. The first-order valence-corrected chi connectivity index (χ1v) is 11.3. The molecule has 5 nitrogen and oxygen atoms in total. The molecule has 0 aliphatic carbocycles. The Morgan fingerprint density at radius 1 is 1.40 bits per heavy atom. The summed E-state index contributed by atoms with van der Waals surface area (Å²) in [6.45, 7) is 1.65. The number of likely N-dealkylation sites (N-methyl/N-ethyl adjacent to an activating group) is 1. The smallest absolute Gasteiger partial charge is 0.234 e. The van der Waals surface area contributed by atoms with E-state index >= 15 is 0 Å². The molecule has 30 heavy (non-hydrogen) atoms. The van der Waals surface area contributed by atoms with Crippen LogP contribution in [0.15, 0.2) is 46.8 Å². The number of hydrogen-bond acceptors (Lipinski definition) is 6. The van der Waals surface area contributed by atoms with Gasteiger partial charge in [-0.3, -0.25) is 4.79 Å². The van der Waals surface area contributed by atoms with Crippen LogP contribution in [0.5, 0.6) is 0 Å². The van der Waals surface area contributed by atoms with E-state index in [1.54, 1.807) is 23.5 Å². The van der Waals surface area contributed by atoms with Gasteiger partial charge in [0, 0.05) is 41.3 Å². The first kappa shape index (κ1) is 20.5. The van der Waals surface area contributed by atoms with Crippen molar-refractivity contribution < 1.29 is 9.18 Å². The maximum atomic E-state index is 13.3. The molecular formula is C22H19FN4OS2. The number of carbonyl (C=O) groups excluding carboxylic acids is 1. The summed E-state index contributed by atoms with van der Waals surface area (Å²) in [5.74, 6) is -0.596. The van der Waals surface area contributed by atoms with E-state index in [2.05, 4.69) is 23.3 Å². The van der Waals surface area contributed by atoms with Crippen LogP contribution >= 0.6 is 23.1 Å². The normalized spacial score (nSPS) is 13.5. The van der Waals surface area contributed by atoms with Gasteiger partial charge in [0.05, 0.1) is 11.3 Å². The van der Waals surface area contributed by atoms with E-state index in [4.69, 9.17) is 4.98 Å². The number of thioether (sulfide) groups is 1. The minimum absolute atomic E-state index is 0.0841. The van der Waals surface area contributed by atoms with Gasteiger partial charge in [0.15, 0.2) is 0 Å². The maximum Gasteiger partial charge on any atom is 0.234 e. The van der Waals surface area contributed by atoms with Crippen LogP contribution in [0.1, 0.15) is 16.8 Å². The van der Waals surface area contributed by atoms with E-state index in [0.29, 0.717) is 16.3 Å². The van der Waals surface area contributed by atoms with E-state index in [-0.39, 0.29) is 11.7 Å². The number of nitrogens with one attached hydrogen (secondary N) is 1. The van der Waals surface area contributed by atoms with Crippen molar-refractivity contribution >= 4 is 34.7 Å². The molecule has 0 bridgehead atoms. The number of fused-ring (bicyclic) bond motifs is 1. The molecule has 0 atom stereocenters. The van der Waals surface area contributed by atoms with Gasteiger partial charge in [-0.1, -0.05) is 23.9 Å². The fraction of sp³-hybridized carbons (Fsp3) is 0.227. The van der Waals surface area contributed by atoms with Crippen LogP contribution < -0.4 is 5.32 Å². The highest BCUT2D eigenvalue weighted by Crippen LogP contribution is 2.38. The number of amides is 1. The Labute approximate surface area is 182 Å². The zero-order chi connectivity index (χ0) is 21.1. The number of aromatic nitrogens is 1. The van der Waals surface area contributed by atoms with Crippen molar-refractivity contribution in [2.24, 2.45) is 0 Å². The standard InChI is InChI=1S/C22H19FN4OS2/c1-27-8-7-18-17(12-27)21(19-6-3-9-29-19)16(11-24)22(26-18)30-13-20(28)25-15-5-2-4-14(23)10-15/h2-6,9-10H,7-8,12-13H2,1H3,(H,25,28). The molecule has 1 aliphatic heterocycles. The highest BCUT2D eigenvalue weighted by Gasteiger charge is 2.25. The van der Waals surface area contributed by atoms with Crippen LogP contribution in [0.3, 0.4) is 0 Å². The molecule has 0 spiro atoms. The van der Waals surface area contributed by atoms with Crippen LogP contribution in [0.4, 0.5) is 10.1 Å². The Morgan fingerprint density at radius 2 is 2.27 bits per heavy atom. The third-order valence-electron chi connectivity index (χ3n) is 4.84. The minimum atomic E-state index is -0.408. The van der Waals surface area contributed by atoms with Gasteiger partial charge in [-0.25, -0.2) is 9.37 Å². The third-order valence-corrected chi connectivity index (χ3v) is 6.70. The molecule has 8 heteroatoms. The predicted molar refractivity (Wildman–Crippen MR) is 118 cm³/mol. The molecule has 0 radical (unpaired) electrons. The molecule has 0 saturated heterocycles. The van der Waals surface area contributed by atoms with Crippen LogP contribution in [0, 0.1) is 17.1 Å². The maximum absolute atomic E-state index is 13.3. The second kappa shape index (κ2) is 8.96. The summed E-state index contributed by atoms with van der Waals surface area (Å²) in [5, 5.41) is 15.2. The van der Waals surface area contributed by atoms with Gasteiger partial charge in [-0.15, -0.1) is 11.3 Å². The summed E-state index contributed by atoms with van der Waals surface area (Å²) >= 11 is 2.83. The van der Waals surface area contributed by atoms with Crippen molar-refractivity contribution in [1.29, 1.82) is 5.26 Å². The zero-order valence-electron chi connectivity index (χ0n) is 16.3. The van der Waals surface area contributed by atoms with E-state index < -0.39 is 5.82 Å². The van der Waals surface area contributed by atoms with Crippen LogP contribution in [-0.2, 0) is 17.8 Å². The third kappa shape index (κ3) is 4.38. The fourth-order valence-electron chi connectivity index (χ4n) is 3.47. The number of pyridine rings is 1. The zero-order valence-corrected chi connectivity index (χ0v) is 17.9. The van der Waals surface area contributed by atoms with Gasteiger partial charge in [-0.2, -0.15) is 5.26 Å². The van der Waals surface area contributed by atoms with Gasteiger partial charge in [0.1, 0.15) is 16.9 Å². The largest absolute Gasteiger partial charge is 0.325 e. The monoisotopic (exact) mass is 438 g/mol. The van der Waals surface area contributed by atoms with E-state index in [1.807, 2.05) is 17.5 Å². The lowest BCUT2D eigenvalue weighted by atomic mass is 9.96. The molecule has 1 amide bonds. The molecule has 4 rings (SSSR count). The minimum Gasteiger partial charge on any atom is -0.325 e. The number of benzene rings is 1. The second-order valence-corrected chi connectivity index (χ2v) is 8.93. The Balaban J connectivity index is 1.63. The molecule has 3 aromatic rings. The highest BCUT2D eigenvalue weighted by atomic mass is 32.2. The van der Waals surface area contributed by atoms with Crippen molar-refractivity contribution in [3.8, 4) is 16.5 Å². The van der Waals surface area contributed by atoms with Crippen LogP contribution in [0.25, 0.3) is 10.4 Å². The highest BCUT2D eigenvalue weighted by molar-refractivity contribution is 8.00. The van der Waals surface area contributed by atoms with Gasteiger partial charge in [0.25, 0.3) is 0 Å². The topological polar surface area (TPSA) is 69.0 Å². The lowest BCUT2D eigenvalue weighted by molar-refractivity contribution is -0.113. The van der Waals surface area contributed by atoms with Crippen molar-refractivity contribution in [3.63, 3.8) is 0 Å². The van der Waals surface area contributed by atoms with E-state index in [1.165, 1.54) is 23.9 Å². The van der Waals surface area contributed by atoms with Gasteiger partial charge < -0.3 is 10.2 Å². The molecule has 1 aromatic carbocycles. The van der Waals surface area contributed by atoms with Crippen LogP contribution in [-0.4, -0.2) is 35.1 Å². The summed E-state index contributed by atoms with van der Waals surface area (Å²) in [6, 6.07) is 12.1. The number of carbonyl (C=O) groups is 1. The number of anilines is 1. The molecule has 152 valence electrons. The molecule has 1 N–H and O–H groups in total. The van der Waals surface area contributed by atoms with E-state index in [9.17, 15) is 14.4 Å². The molecule has 3 heterocycles. The fourth-order valence-corrected chi connectivity index (χ4v) is 5.08. The van der Waals surface area contributed by atoms with Gasteiger partial charge in [0.2, 0.25) is 5.91 Å². The lowest BCUT2D eigenvalue weighted by Gasteiger charge is -2.27. The summed E-state index contributed by atoms with van der Waals surface area (Å²) in [7, 11) is 2.06. The Morgan fingerprint density at radius 3 is 3.00 bits per heavy atom. The number of rotatable bonds is 5. The second-order valence-electron chi connectivity index (χ2n) is 7.02. The summed E-state index contributed by atoms with van der Waals surface area (Å²) < 4.78 is 13.3. The van der Waals surface area contributed by atoms with Crippen LogP contribution in [0.2, 0.25) is 0 Å². The molecule has 1 aliphatic rings. The predicted octanol–water partition coefficient (Wildman–Crippen LogP) is 4.54. The first-order chi connectivity index (χ1) is 14.5. The van der Waals surface area contributed by atoms with E-state index in [0.717, 1.165) is 41.2 Å². The number of nitriles is 1. The quantitative estimate of drug-likeness (QED) is 0.593. The lowest BCUT2D eigenvalue weighted by Crippen LogP contribution is -2.28. The van der Waals surface area contributed by atoms with Crippen molar-refractivity contribution in [1.82, 2.24) is 9.88 Å². The number of nitrogens with zero attached hydrogens (tertiary/aromatic N) is 3. The van der Waals surface area contributed by atoms with Crippen molar-refractivity contribution in [2.45, 2.75) is 18.0 Å². The Hall–Kier alpha value is -2.73. The summed E-state index contributed by atoms with van der Waals surface area (Å²) in [4.78, 5) is 20.4. The van der Waals surface area contributed by atoms with Gasteiger partial charge >= 0.3 is 0 Å². The first-order valence-electron chi connectivity index (χ1n) is 9.41. The van der Waals surface area contributed by atoms with Crippen molar-refractivity contribution in [3.05, 3.63) is 64.4 Å². The summed E-state index contributed by atoms with van der Waals surface area (Å²) in [5.41, 5.74) is 3.92. The molecule has 0 unspecified atom stereocenters. The molecule has 2 aromatic heterocycles. The average Bonchev–Trinajstić information content (AvgIpc) is 3.25. The average molecular weight is 439 g/mol. The number of thiophene rings is 1. The molecule has 0 fully saturated rings. The Kier molecular flexibility index (Phi) is 6.13. The molecule has 0 saturated carbocycles. The van der Waals surface area contributed by atoms with Crippen molar-refractivity contribution in [2.75, 3.05) is 24.7 Å². The summed E-state index contributed by atoms with van der Waals surface area (Å²) in [6.07, 6.45) is 0.805. The van der Waals surface area contributed by atoms with Gasteiger partial charge in [-0.05, 0) is 42.3 Å². The number of hydrogen-bond donors (Lipinski definition) is 1.